The molecule has 0 saturated carbocycles. The molecule has 0 bridgehead atoms. The van der Waals surface area contributed by atoms with Gasteiger partial charge in [-0.15, -0.1) is 16.8 Å². The highest BCUT2D eigenvalue weighted by Crippen LogP contribution is 2.23. The van der Waals surface area contributed by atoms with Crippen LogP contribution >= 0.6 is 11.8 Å². The number of thioether (sulfide) groups is 1. The SMILES string of the molecule is C=CCn1c(COc2ccc(F)cc2)nnc1SCc1cccc(C#N)c1. The van der Waals surface area contributed by atoms with Crippen LogP contribution in [0.25, 0.3) is 0 Å². The van der Waals surface area contributed by atoms with Crippen LogP contribution in [0.15, 0.2) is 66.3 Å². The summed E-state index contributed by atoms with van der Waals surface area (Å²) in [5.74, 6) is 1.58. The molecule has 27 heavy (non-hydrogen) atoms. The Kier molecular flexibility index (Phi) is 6.23. The number of nitriles is 1. The Morgan fingerprint density at radius 3 is 2.78 bits per heavy atom. The number of rotatable bonds is 8. The Balaban J connectivity index is 1.69. The third-order valence-corrected chi connectivity index (χ3v) is 4.75. The van der Waals surface area contributed by atoms with Gasteiger partial charge in [-0.3, -0.25) is 4.57 Å². The van der Waals surface area contributed by atoms with Gasteiger partial charge in [-0.05, 0) is 42.0 Å². The fourth-order valence-electron chi connectivity index (χ4n) is 2.40. The highest BCUT2D eigenvalue weighted by Gasteiger charge is 2.13. The van der Waals surface area contributed by atoms with Crippen LogP contribution in [0.5, 0.6) is 5.75 Å². The lowest BCUT2D eigenvalue weighted by Crippen LogP contribution is -2.07. The van der Waals surface area contributed by atoms with Gasteiger partial charge in [0.15, 0.2) is 11.0 Å². The molecule has 1 heterocycles. The van der Waals surface area contributed by atoms with Crippen LogP contribution in [0.3, 0.4) is 0 Å². The van der Waals surface area contributed by atoms with E-state index < -0.39 is 0 Å². The van der Waals surface area contributed by atoms with E-state index in [4.69, 9.17) is 10.00 Å². The maximum atomic E-state index is 13.0. The molecule has 0 saturated heterocycles. The number of hydrogen-bond acceptors (Lipinski definition) is 5. The van der Waals surface area contributed by atoms with Gasteiger partial charge in [0, 0.05) is 12.3 Å². The van der Waals surface area contributed by atoms with Crippen molar-refractivity contribution in [2.24, 2.45) is 0 Å². The summed E-state index contributed by atoms with van der Waals surface area (Å²) in [4.78, 5) is 0. The minimum Gasteiger partial charge on any atom is -0.486 e. The van der Waals surface area contributed by atoms with Crippen molar-refractivity contribution in [3.8, 4) is 11.8 Å². The van der Waals surface area contributed by atoms with Crippen LogP contribution in [-0.2, 0) is 18.9 Å². The number of ether oxygens (including phenoxy) is 1. The highest BCUT2D eigenvalue weighted by molar-refractivity contribution is 7.98. The number of allylic oxidation sites excluding steroid dienone is 1. The standard InChI is InChI=1S/C20H17FN4OS/c1-2-10-25-19(13-26-18-8-6-17(21)7-9-18)23-24-20(25)27-14-16-5-3-4-15(11-16)12-22/h2-9,11H,1,10,13-14H2. The molecule has 3 rings (SSSR count). The maximum absolute atomic E-state index is 13.0. The van der Waals surface area contributed by atoms with Crippen molar-refractivity contribution in [3.05, 3.63) is 84.0 Å². The number of benzene rings is 2. The fourth-order valence-corrected chi connectivity index (χ4v) is 3.31. The van der Waals surface area contributed by atoms with Crippen molar-refractivity contribution in [3.63, 3.8) is 0 Å². The van der Waals surface area contributed by atoms with E-state index in [9.17, 15) is 4.39 Å². The summed E-state index contributed by atoms with van der Waals surface area (Å²) in [6, 6.07) is 15.5. The first-order valence-electron chi connectivity index (χ1n) is 8.23. The van der Waals surface area contributed by atoms with E-state index in [0.717, 1.165) is 10.7 Å². The van der Waals surface area contributed by atoms with Crippen molar-refractivity contribution in [2.75, 3.05) is 0 Å². The minimum absolute atomic E-state index is 0.219. The lowest BCUT2D eigenvalue weighted by Gasteiger charge is -2.09. The average Bonchev–Trinajstić information content (AvgIpc) is 3.08. The van der Waals surface area contributed by atoms with E-state index in [0.29, 0.717) is 29.4 Å². The molecule has 0 radical (unpaired) electrons. The second kappa shape index (κ2) is 9.01. The van der Waals surface area contributed by atoms with Gasteiger partial charge < -0.3 is 4.74 Å². The topological polar surface area (TPSA) is 63.7 Å². The average molecular weight is 380 g/mol. The van der Waals surface area contributed by atoms with Crippen molar-refractivity contribution < 1.29 is 9.13 Å². The van der Waals surface area contributed by atoms with Crippen LogP contribution in [0.1, 0.15) is 17.0 Å². The molecule has 0 unspecified atom stereocenters. The van der Waals surface area contributed by atoms with Gasteiger partial charge in [0.25, 0.3) is 0 Å². The number of nitrogens with zero attached hydrogens (tertiary/aromatic N) is 4. The second-order valence-electron chi connectivity index (χ2n) is 5.64. The van der Waals surface area contributed by atoms with Gasteiger partial charge in [-0.2, -0.15) is 5.26 Å². The van der Waals surface area contributed by atoms with Crippen LogP contribution in [0.4, 0.5) is 4.39 Å². The predicted molar refractivity (Wildman–Crippen MR) is 102 cm³/mol. The third-order valence-electron chi connectivity index (χ3n) is 3.71. The monoisotopic (exact) mass is 380 g/mol. The first-order valence-corrected chi connectivity index (χ1v) is 9.21. The lowest BCUT2D eigenvalue weighted by atomic mass is 10.2. The summed E-state index contributed by atoms with van der Waals surface area (Å²) >= 11 is 1.53. The third kappa shape index (κ3) is 4.96. The molecule has 0 aliphatic carbocycles. The number of hydrogen-bond donors (Lipinski definition) is 0. The molecule has 0 aliphatic heterocycles. The van der Waals surface area contributed by atoms with Crippen molar-refractivity contribution in [2.45, 2.75) is 24.1 Å². The van der Waals surface area contributed by atoms with E-state index in [1.54, 1.807) is 24.3 Å². The van der Waals surface area contributed by atoms with E-state index in [1.165, 1.54) is 23.9 Å². The summed E-state index contributed by atoms with van der Waals surface area (Å²) in [7, 11) is 0. The molecule has 0 N–H and O–H groups in total. The van der Waals surface area contributed by atoms with E-state index in [2.05, 4.69) is 22.8 Å². The first-order chi connectivity index (χ1) is 13.2. The molecule has 7 heteroatoms. The summed E-state index contributed by atoms with van der Waals surface area (Å²) in [6.45, 7) is 4.55. The number of aromatic nitrogens is 3. The smallest absolute Gasteiger partial charge is 0.191 e. The Labute approximate surface area is 161 Å². The van der Waals surface area contributed by atoms with Gasteiger partial charge in [-0.1, -0.05) is 30.0 Å². The van der Waals surface area contributed by atoms with Gasteiger partial charge in [0.2, 0.25) is 0 Å². The zero-order valence-corrected chi connectivity index (χ0v) is 15.3. The summed E-state index contributed by atoms with van der Waals surface area (Å²) < 4.78 is 20.6. The molecule has 0 fully saturated rings. The Morgan fingerprint density at radius 2 is 2.04 bits per heavy atom. The molecule has 0 aliphatic rings. The second-order valence-corrected chi connectivity index (χ2v) is 6.58. The van der Waals surface area contributed by atoms with Crippen LogP contribution in [0, 0.1) is 17.1 Å². The van der Waals surface area contributed by atoms with Crippen molar-refractivity contribution >= 4 is 11.8 Å². The summed E-state index contributed by atoms with van der Waals surface area (Å²) in [5, 5.41) is 18.2. The fraction of sp³-hybridized carbons (Fsp3) is 0.150. The Hall–Kier alpha value is -3.11. The molecule has 0 atom stereocenters. The molecular weight excluding hydrogens is 363 g/mol. The Morgan fingerprint density at radius 1 is 1.22 bits per heavy atom. The van der Waals surface area contributed by atoms with Gasteiger partial charge in [0.1, 0.15) is 18.2 Å². The van der Waals surface area contributed by atoms with Crippen LogP contribution in [-0.4, -0.2) is 14.8 Å². The van der Waals surface area contributed by atoms with Crippen molar-refractivity contribution in [1.29, 1.82) is 5.26 Å². The van der Waals surface area contributed by atoms with E-state index in [1.807, 2.05) is 22.8 Å². The molecule has 136 valence electrons. The molecule has 0 spiro atoms. The first kappa shape index (κ1) is 18.7. The van der Waals surface area contributed by atoms with E-state index in [-0.39, 0.29) is 12.4 Å². The normalized spacial score (nSPS) is 10.4. The predicted octanol–water partition coefficient (Wildman–Crippen LogP) is 4.35. The maximum Gasteiger partial charge on any atom is 0.191 e. The molecule has 0 amide bonds. The van der Waals surface area contributed by atoms with Gasteiger partial charge in [0.05, 0.1) is 11.6 Å². The molecular formula is C20H17FN4OS. The number of halogens is 1. The minimum atomic E-state index is -0.309. The van der Waals surface area contributed by atoms with Gasteiger partial charge >= 0.3 is 0 Å². The quantitative estimate of drug-likeness (QED) is 0.429. The zero-order valence-electron chi connectivity index (χ0n) is 14.5. The van der Waals surface area contributed by atoms with Gasteiger partial charge in [-0.25, -0.2) is 4.39 Å². The lowest BCUT2D eigenvalue weighted by molar-refractivity contribution is 0.288. The van der Waals surface area contributed by atoms with Crippen molar-refractivity contribution in [1.82, 2.24) is 14.8 Å². The van der Waals surface area contributed by atoms with Crippen LogP contribution < -0.4 is 4.74 Å². The Bertz CT molecular complexity index is 963. The molecule has 3 aromatic rings. The molecule has 5 nitrogen and oxygen atoms in total. The summed E-state index contributed by atoms with van der Waals surface area (Å²) in [6.07, 6.45) is 1.77. The highest BCUT2D eigenvalue weighted by atomic mass is 32.2. The largest absolute Gasteiger partial charge is 0.486 e. The van der Waals surface area contributed by atoms with Crippen LogP contribution in [0.2, 0.25) is 0 Å². The van der Waals surface area contributed by atoms with E-state index >= 15 is 0 Å². The summed E-state index contributed by atoms with van der Waals surface area (Å²) in [5.41, 5.74) is 1.67. The zero-order chi connectivity index (χ0) is 19.1. The molecule has 2 aromatic carbocycles. The molecule has 1 aromatic heterocycles.